The number of Topliss-reactive ketones (excluding diaryl/α,β-unsaturated/α-hetero) is 1. The SMILES string of the molecule is O=C(CSc1ncccn1)c1cccc(NS(=O)[O-])c1. The predicted octanol–water partition coefficient (Wildman–Crippen LogP) is 1.66. The molecule has 0 saturated heterocycles. The number of anilines is 1. The molecule has 0 aliphatic carbocycles. The smallest absolute Gasteiger partial charge is 0.187 e. The van der Waals surface area contributed by atoms with E-state index in [1.807, 2.05) is 0 Å². The standard InChI is InChI=1S/C12H11N3O3S2/c16-11(8-19-12-13-5-2-6-14-12)9-3-1-4-10(7-9)15-20(17)18/h1-7,15H,8H2,(H,17,18)/p-1. The van der Waals surface area contributed by atoms with Crippen molar-refractivity contribution in [3.05, 3.63) is 48.3 Å². The minimum atomic E-state index is -2.41. The maximum absolute atomic E-state index is 12.0. The molecule has 104 valence electrons. The molecule has 2 rings (SSSR count). The van der Waals surface area contributed by atoms with Gasteiger partial charge >= 0.3 is 0 Å². The fourth-order valence-corrected chi connectivity index (χ4v) is 2.44. The highest BCUT2D eigenvalue weighted by Gasteiger charge is 2.08. The van der Waals surface area contributed by atoms with Crippen LogP contribution in [-0.2, 0) is 11.3 Å². The number of aromatic nitrogens is 2. The number of carbonyl (C=O) groups excluding carboxylic acids is 1. The van der Waals surface area contributed by atoms with Gasteiger partial charge in [0.05, 0.1) is 5.75 Å². The van der Waals surface area contributed by atoms with Gasteiger partial charge in [-0.3, -0.25) is 9.00 Å². The summed E-state index contributed by atoms with van der Waals surface area (Å²) in [5.41, 5.74) is 0.786. The third-order valence-corrected chi connectivity index (χ3v) is 3.54. The highest BCUT2D eigenvalue weighted by Crippen LogP contribution is 2.16. The molecule has 0 fully saturated rings. The molecule has 0 aliphatic heterocycles. The summed E-state index contributed by atoms with van der Waals surface area (Å²) in [5.74, 6) is 0.0660. The predicted molar refractivity (Wildman–Crippen MR) is 76.1 cm³/mol. The van der Waals surface area contributed by atoms with Crippen LogP contribution in [0.1, 0.15) is 10.4 Å². The second-order valence-corrected chi connectivity index (χ2v) is 5.28. The summed E-state index contributed by atoms with van der Waals surface area (Å²) in [7, 11) is 0. The van der Waals surface area contributed by atoms with Crippen molar-refractivity contribution in [1.82, 2.24) is 9.97 Å². The number of hydrogen-bond acceptors (Lipinski definition) is 6. The van der Waals surface area contributed by atoms with Gasteiger partial charge < -0.3 is 9.27 Å². The minimum Gasteiger partial charge on any atom is -0.755 e. The lowest BCUT2D eigenvalue weighted by Crippen LogP contribution is -2.06. The van der Waals surface area contributed by atoms with Crippen molar-refractivity contribution >= 4 is 34.5 Å². The Kier molecular flexibility index (Phi) is 5.22. The van der Waals surface area contributed by atoms with Crippen LogP contribution in [0.3, 0.4) is 0 Å². The summed E-state index contributed by atoms with van der Waals surface area (Å²) < 4.78 is 23.3. The first-order valence-electron chi connectivity index (χ1n) is 5.54. The quantitative estimate of drug-likeness (QED) is 0.377. The highest BCUT2D eigenvalue weighted by atomic mass is 32.2. The van der Waals surface area contributed by atoms with Gasteiger partial charge in [0.1, 0.15) is 0 Å². The van der Waals surface area contributed by atoms with E-state index in [1.165, 1.54) is 17.8 Å². The number of ketones is 1. The Morgan fingerprint density at radius 1 is 1.30 bits per heavy atom. The van der Waals surface area contributed by atoms with Gasteiger partial charge in [-0.1, -0.05) is 23.9 Å². The molecular formula is C12H10N3O3S2-. The molecule has 20 heavy (non-hydrogen) atoms. The van der Waals surface area contributed by atoms with Crippen LogP contribution in [0.25, 0.3) is 0 Å². The van der Waals surface area contributed by atoms with Crippen LogP contribution in [0.5, 0.6) is 0 Å². The molecule has 6 nitrogen and oxygen atoms in total. The molecule has 8 heteroatoms. The van der Waals surface area contributed by atoms with Gasteiger partial charge in [0.25, 0.3) is 0 Å². The van der Waals surface area contributed by atoms with E-state index in [2.05, 4.69) is 14.7 Å². The van der Waals surface area contributed by atoms with Gasteiger partial charge in [-0.15, -0.1) is 0 Å². The molecule has 1 N–H and O–H groups in total. The number of rotatable bonds is 6. The molecule has 1 aromatic carbocycles. The molecule has 1 heterocycles. The lowest BCUT2D eigenvalue weighted by atomic mass is 10.1. The number of thioether (sulfide) groups is 1. The van der Waals surface area contributed by atoms with Crippen LogP contribution >= 0.6 is 11.8 Å². The number of benzene rings is 1. The first kappa shape index (κ1) is 14.6. The van der Waals surface area contributed by atoms with Crippen molar-refractivity contribution in [3.8, 4) is 0 Å². The lowest BCUT2D eigenvalue weighted by Gasteiger charge is -2.09. The van der Waals surface area contributed by atoms with Crippen LogP contribution in [0.2, 0.25) is 0 Å². The zero-order valence-electron chi connectivity index (χ0n) is 10.2. The van der Waals surface area contributed by atoms with Gasteiger partial charge in [0, 0.05) is 34.9 Å². The first-order chi connectivity index (χ1) is 9.65. The summed E-state index contributed by atoms with van der Waals surface area (Å²) in [6.45, 7) is 0. The van der Waals surface area contributed by atoms with Crippen LogP contribution in [0, 0.1) is 0 Å². The van der Waals surface area contributed by atoms with Gasteiger partial charge in [-0.25, -0.2) is 9.97 Å². The maximum Gasteiger partial charge on any atom is 0.187 e. The average molecular weight is 308 g/mol. The normalized spacial score (nSPS) is 11.8. The second-order valence-electron chi connectivity index (χ2n) is 3.66. The second kappa shape index (κ2) is 7.13. The summed E-state index contributed by atoms with van der Waals surface area (Å²) in [5, 5.41) is 0.524. The monoisotopic (exact) mass is 308 g/mol. The molecule has 0 amide bonds. The Hall–Kier alpha value is -1.77. The zero-order chi connectivity index (χ0) is 14.4. The van der Waals surface area contributed by atoms with Gasteiger partial charge in [0.15, 0.2) is 10.9 Å². The molecule has 0 radical (unpaired) electrons. The molecular weight excluding hydrogens is 298 g/mol. The van der Waals surface area contributed by atoms with Gasteiger partial charge in [-0.05, 0) is 18.2 Å². The van der Waals surface area contributed by atoms with Crippen LogP contribution in [0.15, 0.2) is 47.9 Å². The average Bonchev–Trinajstić information content (AvgIpc) is 2.45. The van der Waals surface area contributed by atoms with Crippen LogP contribution in [-0.4, -0.2) is 30.3 Å². The lowest BCUT2D eigenvalue weighted by molar-refractivity contribution is 0.102. The molecule has 2 aromatic rings. The number of carbonyl (C=O) groups is 1. The molecule has 0 spiro atoms. The third-order valence-electron chi connectivity index (χ3n) is 2.26. The zero-order valence-corrected chi connectivity index (χ0v) is 11.8. The van der Waals surface area contributed by atoms with Crippen molar-refractivity contribution in [2.75, 3.05) is 10.5 Å². The van der Waals surface area contributed by atoms with Crippen molar-refractivity contribution < 1.29 is 13.6 Å². The van der Waals surface area contributed by atoms with Gasteiger partial charge in [0.2, 0.25) is 0 Å². The largest absolute Gasteiger partial charge is 0.755 e. The number of hydrogen-bond donors (Lipinski definition) is 1. The Labute approximate surface area is 122 Å². The molecule has 1 aromatic heterocycles. The van der Waals surface area contributed by atoms with E-state index in [-0.39, 0.29) is 11.5 Å². The van der Waals surface area contributed by atoms with Crippen LogP contribution < -0.4 is 4.72 Å². The van der Waals surface area contributed by atoms with E-state index in [0.717, 1.165) is 0 Å². The fraction of sp³-hybridized carbons (Fsp3) is 0.0833. The van der Waals surface area contributed by atoms with E-state index in [4.69, 9.17) is 0 Å². The van der Waals surface area contributed by atoms with Crippen molar-refractivity contribution in [1.29, 1.82) is 0 Å². The van der Waals surface area contributed by atoms with E-state index >= 15 is 0 Å². The number of nitrogens with one attached hydrogen (secondary N) is 1. The maximum atomic E-state index is 12.0. The summed E-state index contributed by atoms with van der Waals surface area (Å²) in [6, 6.07) is 8.01. The van der Waals surface area contributed by atoms with Crippen molar-refractivity contribution in [3.63, 3.8) is 0 Å². The molecule has 1 atom stereocenters. The van der Waals surface area contributed by atoms with E-state index in [0.29, 0.717) is 16.4 Å². The van der Waals surface area contributed by atoms with Crippen LogP contribution in [0.4, 0.5) is 5.69 Å². The Bertz CT molecular complexity index is 622. The molecule has 1 unspecified atom stereocenters. The fourth-order valence-electron chi connectivity index (χ4n) is 1.43. The van der Waals surface area contributed by atoms with Gasteiger partial charge in [-0.2, -0.15) is 0 Å². The third kappa shape index (κ3) is 4.41. The van der Waals surface area contributed by atoms with E-state index in [9.17, 15) is 13.6 Å². The Balaban J connectivity index is 2.00. The van der Waals surface area contributed by atoms with E-state index in [1.54, 1.807) is 36.7 Å². The Morgan fingerprint density at radius 2 is 2.05 bits per heavy atom. The topological polar surface area (TPSA) is 95.0 Å². The molecule has 0 saturated carbocycles. The summed E-state index contributed by atoms with van der Waals surface area (Å²) in [6.07, 6.45) is 3.21. The van der Waals surface area contributed by atoms with Crippen molar-refractivity contribution in [2.24, 2.45) is 0 Å². The molecule has 0 aliphatic rings. The highest BCUT2D eigenvalue weighted by molar-refractivity contribution is 7.99. The summed E-state index contributed by atoms with van der Waals surface area (Å²) >= 11 is -1.18. The minimum absolute atomic E-state index is 0.122. The molecule has 0 bridgehead atoms. The summed E-state index contributed by atoms with van der Waals surface area (Å²) in [4.78, 5) is 20.0. The van der Waals surface area contributed by atoms with Crippen molar-refractivity contribution in [2.45, 2.75) is 5.16 Å². The number of nitrogens with zero attached hydrogens (tertiary/aromatic N) is 2. The van der Waals surface area contributed by atoms with E-state index < -0.39 is 11.3 Å². The first-order valence-corrected chi connectivity index (χ1v) is 7.60. The Morgan fingerprint density at radius 3 is 2.75 bits per heavy atom.